The molecule has 8 heteroatoms. The van der Waals surface area contributed by atoms with E-state index >= 15 is 0 Å². The fraction of sp³-hybridized carbons (Fsp3) is 0.333. The minimum Gasteiger partial charge on any atom is -0.497 e. The number of methoxy groups -OCH3 is 2. The third-order valence-corrected chi connectivity index (χ3v) is 2.84. The van der Waals surface area contributed by atoms with Crippen molar-refractivity contribution in [3.05, 3.63) is 18.2 Å². The van der Waals surface area contributed by atoms with Crippen LogP contribution in [0.1, 0.15) is 0 Å². The molecule has 0 aliphatic heterocycles. The molecule has 0 aliphatic rings. The molecule has 0 heterocycles. The third-order valence-electron chi connectivity index (χ3n) is 2.36. The number of hydrogen-bond donors (Lipinski definition) is 0. The van der Waals surface area contributed by atoms with Crippen LogP contribution >= 0.6 is 34.8 Å². The average Bonchev–Trinajstić information content (AvgIpc) is 2.42. The molecule has 0 bridgehead atoms. The number of ether oxygens (including phenoxy) is 2. The SMILES string of the molecule is COc1ccc(N(C)C=NC(=O)C(Cl)(Cl)Cl)c(OC)c1. The molecular weight excluding hydrogens is 327 g/mol. The van der Waals surface area contributed by atoms with Crippen LogP contribution in [0.5, 0.6) is 11.5 Å². The summed E-state index contributed by atoms with van der Waals surface area (Å²) in [6, 6.07) is 5.21. The summed E-state index contributed by atoms with van der Waals surface area (Å²) in [7, 11) is 4.76. The van der Waals surface area contributed by atoms with E-state index in [1.807, 2.05) is 0 Å². The Bertz CT molecular complexity index is 515. The summed E-state index contributed by atoms with van der Waals surface area (Å²) in [5.41, 5.74) is 0.675. The zero-order chi connectivity index (χ0) is 15.3. The highest BCUT2D eigenvalue weighted by molar-refractivity contribution is 6.76. The van der Waals surface area contributed by atoms with Crippen LogP contribution in [0.4, 0.5) is 5.69 Å². The maximum Gasteiger partial charge on any atom is 0.299 e. The van der Waals surface area contributed by atoms with Crippen molar-refractivity contribution in [1.82, 2.24) is 0 Å². The Kier molecular flexibility index (Phi) is 5.92. The Morgan fingerprint density at radius 2 is 1.95 bits per heavy atom. The first-order chi connectivity index (χ1) is 9.29. The van der Waals surface area contributed by atoms with Crippen LogP contribution in [0.2, 0.25) is 0 Å². The monoisotopic (exact) mass is 338 g/mol. The van der Waals surface area contributed by atoms with Gasteiger partial charge in [-0.1, -0.05) is 34.8 Å². The maximum atomic E-state index is 11.4. The zero-order valence-electron chi connectivity index (χ0n) is 11.1. The van der Waals surface area contributed by atoms with Gasteiger partial charge in [-0.3, -0.25) is 4.79 Å². The molecule has 0 aromatic heterocycles. The number of anilines is 1. The fourth-order valence-corrected chi connectivity index (χ4v) is 1.50. The maximum absolute atomic E-state index is 11.4. The second kappa shape index (κ2) is 7.02. The molecule has 20 heavy (non-hydrogen) atoms. The highest BCUT2D eigenvalue weighted by Crippen LogP contribution is 2.31. The molecule has 0 radical (unpaired) electrons. The van der Waals surface area contributed by atoms with Gasteiger partial charge in [0.1, 0.15) is 11.5 Å². The lowest BCUT2D eigenvalue weighted by Crippen LogP contribution is -2.21. The van der Waals surface area contributed by atoms with E-state index in [0.717, 1.165) is 0 Å². The van der Waals surface area contributed by atoms with Crippen LogP contribution < -0.4 is 14.4 Å². The summed E-state index contributed by atoms with van der Waals surface area (Å²) in [6.07, 6.45) is 1.24. The summed E-state index contributed by atoms with van der Waals surface area (Å²) in [5.74, 6) is 0.328. The second-order valence-electron chi connectivity index (χ2n) is 3.70. The zero-order valence-corrected chi connectivity index (χ0v) is 13.3. The van der Waals surface area contributed by atoms with Gasteiger partial charge >= 0.3 is 0 Å². The quantitative estimate of drug-likeness (QED) is 0.480. The van der Waals surface area contributed by atoms with Gasteiger partial charge in [-0.05, 0) is 12.1 Å². The number of carbonyl (C=O) groups excluding carboxylic acids is 1. The lowest BCUT2D eigenvalue weighted by atomic mass is 10.2. The highest BCUT2D eigenvalue weighted by Gasteiger charge is 2.30. The van der Waals surface area contributed by atoms with Crippen LogP contribution in [0, 0.1) is 0 Å². The minimum atomic E-state index is -2.07. The van der Waals surface area contributed by atoms with E-state index in [1.54, 1.807) is 37.3 Å². The summed E-state index contributed by atoms with van der Waals surface area (Å²) in [5, 5.41) is 0. The molecular formula is C12H13Cl3N2O3. The number of hydrogen-bond acceptors (Lipinski definition) is 3. The summed E-state index contributed by atoms with van der Waals surface area (Å²) < 4.78 is 8.26. The largest absolute Gasteiger partial charge is 0.497 e. The molecule has 0 atom stereocenters. The molecule has 0 unspecified atom stereocenters. The van der Waals surface area contributed by atoms with Crippen molar-refractivity contribution < 1.29 is 14.3 Å². The van der Waals surface area contributed by atoms with E-state index in [-0.39, 0.29) is 0 Å². The van der Waals surface area contributed by atoms with Crippen molar-refractivity contribution in [2.45, 2.75) is 3.79 Å². The van der Waals surface area contributed by atoms with Crippen molar-refractivity contribution >= 4 is 52.7 Å². The number of nitrogens with zero attached hydrogens (tertiary/aromatic N) is 2. The molecule has 0 saturated heterocycles. The first kappa shape index (κ1) is 16.9. The van der Waals surface area contributed by atoms with Gasteiger partial charge < -0.3 is 14.4 Å². The van der Waals surface area contributed by atoms with Gasteiger partial charge in [0.25, 0.3) is 9.70 Å². The average molecular weight is 340 g/mol. The molecule has 0 fully saturated rings. The molecule has 1 aromatic carbocycles. The number of alkyl halides is 3. The van der Waals surface area contributed by atoms with E-state index in [2.05, 4.69) is 4.99 Å². The summed E-state index contributed by atoms with van der Waals surface area (Å²) in [4.78, 5) is 16.5. The molecule has 1 rings (SSSR count). The van der Waals surface area contributed by atoms with Gasteiger partial charge in [-0.25, -0.2) is 0 Å². The molecule has 1 aromatic rings. The highest BCUT2D eigenvalue weighted by atomic mass is 35.6. The Morgan fingerprint density at radius 3 is 2.45 bits per heavy atom. The van der Waals surface area contributed by atoms with Crippen molar-refractivity contribution in [1.29, 1.82) is 0 Å². The Labute approximate surface area is 132 Å². The van der Waals surface area contributed by atoms with Crippen LogP contribution in [-0.2, 0) is 4.79 Å². The lowest BCUT2D eigenvalue weighted by molar-refractivity contribution is -0.116. The van der Waals surface area contributed by atoms with Crippen LogP contribution in [0.15, 0.2) is 23.2 Å². The van der Waals surface area contributed by atoms with Crippen LogP contribution in [0.3, 0.4) is 0 Å². The molecule has 5 nitrogen and oxygen atoms in total. The molecule has 1 amide bonds. The van der Waals surface area contributed by atoms with E-state index in [9.17, 15) is 4.79 Å². The van der Waals surface area contributed by atoms with Crippen molar-refractivity contribution in [2.75, 3.05) is 26.2 Å². The summed E-state index contributed by atoms with van der Waals surface area (Å²) >= 11 is 16.3. The van der Waals surface area contributed by atoms with Gasteiger partial charge in [-0.15, -0.1) is 0 Å². The predicted octanol–water partition coefficient (Wildman–Crippen LogP) is 3.07. The van der Waals surface area contributed by atoms with E-state index < -0.39 is 9.70 Å². The van der Waals surface area contributed by atoms with E-state index in [1.165, 1.54) is 13.4 Å². The van der Waals surface area contributed by atoms with Gasteiger partial charge in [0, 0.05) is 13.1 Å². The molecule has 0 saturated carbocycles. The molecule has 0 aliphatic carbocycles. The number of halogens is 3. The van der Waals surface area contributed by atoms with Crippen molar-refractivity contribution in [3.8, 4) is 11.5 Å². The second-order valence-corrected chi connectivity index (χ2v) is 5.98. The first-order valence-corrected chi connectivity index (χ1v) is 6.53. The first-order valence-electron chi connectivity index (χ1n) is 5.39. The number of benzene rings is 1. The number of aliphatic imine (C=N–C) groups is 1. The van der Waals surface area contributed by atoms with E-state index in [4.69, 9.17) is 44.3 Å². The fourth-order valence-electron chi connectivity index (χ4n) is 1.35. The minimum absolute atomic E-state index is 0.555. The van der Waals surface area contributed by atoms with Gasteiger partial charge in [0.15, 0.2) is 0 Å². The normalized spacial score (nSPS) is 11.5. The molecule has 0 spiro atoms. The van der Waals surface area contributed by atoms with Gasteiger partial charge in [0.2, 0.25) is 0 Å². The van der Waals surface area contributed by atoms with Gasteiger partial charge in [0.05, 0.1) is 26.2 Å². The topological polar surface area (TPSA) is 51.1 Å². The lowest BCUT2D eigenvalue weighted by Gasteiger charge is -2.17. The standard InChI is InChI=1S/C12H13Cl3N2O3/c1-17(7-16-11(18)12(13,14)15)9-5-4-8(19-2)6-10(9)20-3/h4-7H,1-3H3. The Balaban J connectivity index is 2.95. The number of rotatable bonds is 4. The van der Waals surface area contributed by atoms with E-state index in [0.29, 0.717) is 17.2 Å². The van der Waals surface area contributed by atoms with Gasteiger partial charge in [-0.2, -0.15) is 4.99 Å². The Hall–Kier alpha value is -1.17. The van der Waals surface area contributed by atoms with Crippen LogP contribution in [-0.4, -0.2) is 37.3 Å². The third kappa shape index (κ3) is 4.44. The Morgan fingerprint density at radius 1 is 1.30 bits per heavy atom. The number of carbonyl (C=O) groups is 1. The molecule has 110 valence electrons. The summed E-state index contributed by atoms with van der Waals surface area (Å²) in [6.45, 7) is 0. The van der Waals surface area contributed by atoms with Crippen molar-refractivity contribution in [3.63, 3.8) is 0 Å². The molecule has 0 N–H and O–H groups in total. The van der Waals surface area contributed by atoms with Crippen LogP contribution in [0.25, 0.3) is 0 Å². The number of amides is 1. The predicted molar refractivity (Wildman–Crippen MR) is 81.7 cm³/mol. The van der Waals surface area contributed by atoms with Crippen molar-refractivity contribution in [2.24, 2.45) is 4.99 Å². The smallest absolute Gasteiger partial charge is 0.299 e.